The lowest BCUT2D eigenvalue weighted by Gasteiger charge is -2.39. The lowest BCUT2D eigenvalue weighted by Crippen LogP contribution is -2.45. The Morgan fingerprint density at radius 2 is 1.36 bits per heavy atom. The van der Waals surface area contributed by atoms with Gasteiger partial charge in [-0.3, -0.25) is 0 Å². The second-order valence-electron chi connectivity index (χ2n) is 10.2. The Balaban J connectivity index is 1.36. The molecule has 2 nitrogen and oxygen atoms in total. The van der Waals surface area contributed by atoms with Crippen LogP contribution in [0.15, 0.2) is 109 Å². The van der Waals surface area contributed by atoms with E-state index in [4.69, 9.17) is 9.47 Å². The Hall–Kier alpha value is -3.41. The van der Waals surface area contributed by atoms with E-state index in [2.05, 4.69) is 0 Å². The summed E-state index contributed by atoms with van der Waals surface area (Å²) in [6, 6.07) is 32.4. The second-order valence-corrected chi connectivity index (χ2v) is 10.2. The highest BCUT2D eigenvalue weighted by atomic mass is 19.3. The van der Waals surface area contributed by atoms with Crippen molar-refractivity contribution in [2.75, 3.05) is 0 Å². The predicted octanol–water partition coefficient (Wildman–Crippen LogP) is 8.27. The van der Waals surface area contributed by atoms with Gasteiger partial charge in [-0.2, -0.15) is 8.78 Å². The van der Waals surface area contributed by atoms with Crippen LogP contribution in [0.5, 0.6) is 0 Å². The summed E-state index contributed by atoms with van der Waals surface area (Å²) in [5.74, 6) is -3.58. The minimum Gasteiger partial charge on any atom is -0.373 e. The molecule has 1 fully saturated rings. The molecule has 5 heteroatoms. The van der Waals surface area contributed by atoms with Gasteiger partial charge in [0.25, 0.3) is 5.92 Å². The summed E-state index contributed by atoms with van der Waals surface area (Å²) in [5, 5.41) is 0. The lowest BCUT2D eigenvalue weighted by atomic mass is 9.88. The molecule has 1 heterocycles. The molecule has 0 bridgehead atoms. The van der Waals surface area contributed by atoms with Crippen molar-refractivity contribution in [1.82, 2.24) is 0 Å². The van der Waals surface area contributed by atoms with Gasteiger partial charge in [0.05, 0.1) is 18.8 Å². The molecule has 3 atom stereocenters. The topological polar surface area (TPSA) is 18.5 Å². The quantitative estimate of drug-likeness (QED) is 0.205. The average molecular weight is 531 g/mol. The fourth-order valence-electron chi connectivity index (χ4n) is 5.28. The first-order valence-electron chi connectivity index (χ1n) is 13.5. The summed E-state index contributed by atoms with van der Waals surface area (Å²) >= 11 is 0. The van der Waals surface area contributed by atoms with Crippen LogP contribution < -0.4 is 0 Å². The number of hydrogen-bond acceptors (Lipinski definition) is 2. The monoisotopic (exact) mass is 530 g/mol. The van der Waals surface area contributed by atoms with Crippen LogP contribution in [-0.2, 0) is 34.8 Å². The van der Waals surface area contributed by atoms with Crippen LogP contribution in [0.4, 0.5) is 13.2 Å². The van der Waals surface area contributed by atoms with Crippen molar-refractivity contribution in [3.63, 3.8) is 0 Å². The number of rotatable bonds is 10. The molecule has 0 amide bonds. The molecule has 1 saturated heterocycles. The van der Waals surface area contributed by atoms with Crippen molar-refractivity contribution in [2.45, 2.75) is 62.9 Å². The zero-order valence-corrected chi connectivity index (χ0v) is 21.8. The summed E-state index contributed by atoms with van der Waals surface area (Å²) in [4.78, 5) is 0. The minimum absolute atomic E-state index is 0.0511. The first-order chi connectivity index (χ1) is 19.0. The Bertz CT molecular complexity index is 1260. The molecule has 1 aliphatic heterocycles. The van der Waals surface area contributed by atoms with Gasteiger partial charge in [0.2, 0.25) is 0 Å². The molecule has 39 heavy (non-hydrogen) atoms. The van der Waals surface area contributed by atoms with Crippen LogP contribution in [0.1, 0.15) is 47.1 Å². The molecule has 5 rings (SSSR count). The number of benzene rings is 4. The highest BCUT2D eigenvalue weighted by molar-refractivity contribution is 5.36. The average Bonchev–Trinajstić information content (AvgIpc) is 2.97. The summed E-state index contributed by atoms with van der Waals surface area (Å²) in [6.07, 6.45) is 0.331. The maximum atomic E-state index is 16.3. The SMILES string of the molecule is Fc1ccc(Cc2ccccc2C(F)(F)C2CC(OCc3ccccc3)CC(CCc3ccccc3)O2)cc1. The highest BCUT2D eigenvalue weighted by Crippen LogP contribution is 2.42. The molecular weight excluding hydrogens is 497 g/mol. The largest absolute Gasteiger partial charge is 0.373 e. The summed E-state index contributed by atoms with van der Waals surface area (Å²) < 4.78 is 58.4. The van der Waals surface area contributed by atoms with Gasteiger partial charge in [0.15, 0.2) is 0 Å². The van der Waals surface area contributed by atoms with Gasteiger partial charge in [0.1, 0.15) is 11.9 Å². The van der Waals surface area contributed by atoms with Crippen molar-refractivity contribution in [3.8, 4) is 0 Å². The van der Waals surface area contributed by atoms with Gasteiger partial charge in [-0.15, -0.1) is 0 Å². The predicted molar refractivity (Wildman–Crippen MR) is 147 cm³/mol. The van der Waals surface area contributed by atoms with Crippen molar-refractivity contribution in [2.24, 2.45) is 0 Å². The molecule has 0 spiro atoms. The van der Waals surface area contributed by atoms with Gasteiger partial charge < -0.3 is 9.47 Å². The number of hydrogen-bond donors (Lipinski definition) is 0. The second kappa shape index (κ2) is 12.6. The molecule has 0 N–H and O–H groups in total. The first kappa shape index (κ1) is 27.2. The Kier molecular flexibility index (Phi) is 8.80. The maximum Gasteiger partial charge on any atom is 0.299 e. The molecule has 202 valence electrons. The zero-order chi connectivity index (χ0) is 27.1. The molecule has 0 radical (unpaired) electrons. The third kappa shape index (κ3) is 7.17. The molecule has 0 saturated carbocycles. The van der Waals surface area contributed by atoms with E-state index >= 15 is 8.78 Å². The standard InChI is InChI=1S/C34H33F3O2/c35-29-18-15-26(16-19-29)21-28-13-7-8-14-32(28)34(36,37)33-23-31(38-24-27-11-5-2-6-12-27)22-30(39-33)20-17-25-9-3-1-4-10-25/h1-16,18-19,30-31,33H,17,20-24H2. The number of ether oxygens (including phenoxy) is 2. The van der Waals surface area contributed by atoms with E-state index in [-0.39, 0.29) is 36.4 Å². The summed E-state index contributed by atoms with van der Waals surface area (Å²) in [7, 11) is 0. The van der Waals surface area contributed by atoms with Crippen LogP contribution in [0, 0.1) is 5.82 Å². The number of aryl methyl sites for hydroxylation is 1. The van der Waals surface area contributed by atoms with Crippen LogP contribution >= 0.6 is 0 Å². The third-order valence-electron chi connectivity index (χ3n) is 7.37. The Labute approximate surface area is 228 Å². The minimum atomic E-state index is -3.23. The van der Waals surface area contributed by atoms with E-state index in [1.807, 2.05) is 60.7 Å². The van der Waals surface area contributed by atoms with Crippen LogP contribution in [0.25, 0.3) is 0 Å². The van der Waals surface area contributed by atoms with Gasteiger partial charge in [-0.05, 0) is 60.1 Å². The van der Waals surface area contributed by atoms with Crippen LogP contribution in [0.3, 0.4) is 0 Å². The maximum absolute atomic E-state index is 16.3. The van der Waals surface area contributed by atoms with E-state index in [1.54, 1.807) is 30.3 Å². The summed E-state index contributed by atoms with van der Waals surface area (Å²) in [5.41, 5.74) is 3.39. The normalized spacial score (nSPS) is 19.6. The number of halogens is 3. The van der Waals surface area contributed by atoms with Crippen molar-refractivity contribution >= 4 is 0 Å². The smallest absolute Gasteiger partial charge is 0.299 e. The van der Waals surface area contributed by atoms with E-state index in [0.29, 0.717) is 25.0 Å². The molecule has 1 aliphatic rings. The van der Waals surface area contributed by atoms with Gasteiger partial charge in [0, 0.05) is 12.0 Å². The number of alkyl halides is 2. The highest BCUT2D eigenvalue weighted by Gasteiger charge is 2.48. The summed E-state index contributed by atoms with van der Waals surface area (Å²) in [6.45, 7) is 0.371. The van der Waals surface area contributed by atoms with Crippen molar-refractivity contribution in [3.05, 3.63) is 143 Å². The fraction of sp³-hybridized carbons (Fsp3) is 0.294. The van der Waals surface area contributed by atoms with E-state index < -0.39 is 12.0 Å². The molecular formula is C34H33F3O2. The lowest BCUT2D eigenvalue weighted by molar-refractivity contribution is -0.211. The van der Waals surface area contributed by atoms with E-state index in [1.165, 1.54) is 18.2 Å². The van der Waals surface area contributed by atoms with E-state index in [0.717, 1.165) is 23.1 Å². The van der Waals surface area contributed by atoms with Gasteiger partial charge in [-0.1, -0.05) is 97.1 Å². The van der Waals surface area contributed by atoms with Gasteiger partial charge in [-0.25, -0.2) is 4.39 Å². The molecule has 0 aromatic heterocycles. The van der Waals surface area contributed by atoms with Crippen LogP contribution in [0.2, 0.25) is 0 Å². The molecule has 4 aromatic carbocycles. The van der Waals surface area contributed by atoms with Crippen molar-refractivity contribution in [1.29, 1.82) is 0 Å². The molecule has 4 aromatic rings. The fourth-order valence-corrected chi connectivity index (χ4v) is 5.28. The first-order valence-corrected chi connectivity index (χ1v) is 13.5. The Morgan fingerprint density at radius 1 is 0.718 bits per heavy atom. The van der Waals surface area contributed by atoms with Crippen LogP contribution in [-0.4, -0.2) is 18.3 Å². The Morgan fingerprint density at radius 3 is 2.08 bits per heavy atom. The zero-order valence-electron chi connectivity index (χ0n) is 21.8. The third-order valence-corrected chi connectivity index (χ3v) is 7.37. The molecule has 3 unspecified atom stereocenters. The van der Waals surface area contributed by atoms with E-state index in [9.17, 15) is 4.39 Å². The molecule has 0 aliphatic carbocycles. The van der Waals surface area contributed by atoms with Gasteiger partial charge >= 0.3 is 0 Å². The van der Waals surface area contributed by atoms with Crippen molar-refractivity contribution < 1.29 is 22.6 Å².